The smallest absolute Gasteiger partial charge is 0.256 e. The average molecular weight is 385 g/mol. The zero-order chi connectivity index (χ0) is 20.4. The molecule has 0 saturated carbocycles. The van der Waals surface area contributed by atoms with E-state index in [2.05, 4.69) is 27.2 Å². The molecule has 0 fully saturated rings. The van der Waals surface area contributed by atoms with E-state index in [0.717, 1.165) is 34.1 Å². The molecule has 4 aromatic rings. The number of para-hydroxylation sites is 1. The van der Waals surface area contributed by atoms with E-state index in [9.17, 15) is 4.79 Å². The molecule has 2 aromatic heterocycles. The van der Waals surface area contributed by atoms with E-state index in [1.807, 2.05) is 62.4 Å². The highest BCUT2D eigenvalue weighted by molar-refractivity contribution is 5.84. The number of anilines is 2. The second-order valence-electron chi connectivity index (χ2n) is 7.09. The summed E-state index contributed by atoms with van der Waals surface area (Å²) in [6.45, 7) is 6.02. The molecule has 4 rings (SSSR count). The van der Waals surface area contributed by atoms with Gasteiger partial charge in [-0.2, -0.15) is 0 Å². The normalized spacial score (nSPS) is 11.0. The molecule has 2 aromatic carbocycles. The van der Waals surface area contributed by atoms with Crippen LogP contribution in [0.1, 0.15) is 30.2 Å². The van der Waals surface area contributed by atoms with Crippen LogP contribution in [0.25, 0.3) is 22.2 Å². The third-order valence-corrected chi connectivity index (χ3v) is 4.91. The van der Waals surface area contributed by atoms with Crippen LogP contribution in [0.15, 0.2) is 53.3 Å². The highest BCUT2D eigenvalue weighted by Gasteiger charge is 2.14. The lowest BCUT2D eigenvalue weighted by atomic mass is 10.0. The number of fused-ring (bicyclic) bond motifs is 1. The molecule has 6 heteroatoms. The van der Waals surface area contributed by atoms with E-state index in [4.69, 9.17) is 4.98 Å². The van der Waals surface area contributed by atoms with Crippen LogP contribution in [0, 0.1) is 13.8 Å². The molecule has 0 unspecified atom stereocenters. The number of hydrogen-bond donors (Lipinski definition) is 2. The molecular formula is C23H23N5O. The number of aromatic amines is 1. The van der Waals surface area contributed by atoms with Gasteiger partial charge in [0.1, 0.15) is 0 Å². The van der Waals surface area contributed by atoms with Crippen molar-refractivity contribution < 1.29 is 0 Å². The standard InChI is InChI=1S/C23H23N5O/c1-4-9-18-20(16-11-6-5-7-12-16)26-23(27-21(18)29)28-22-24-15(3)17-13-8-10-14(2)19(17)25-22/h5-8,10-13H,4,9H2,1-3H3,(H2,24,25,26,27,28,29). The Morgan fingerprint density at radius 2 is 1.76 bits per heavy atom. The third kappa shape index (κ3) is 3.74. The first kappa shape index (κ1) is 18.8. The van der Waals surface area contributed by atoms with Gasteiger partial charge in [-0.3, -0.25) is 15.1 Å². The molecule has 0 aliphatic rings. The van der Waals surface area contributed by atoms with Crippen molar-refractivity contribution in [2.45, 2.75) is 33.6 Å². The summed E-state index contributed by atoms with van der Waals surface area (Å²) < 4.78 is 0. The first-order valence-electron chi connectivity index (χ1n) is 9.76. The molecule has 29 heavy (non-hydrogen) atoms. The fourth-order valence-corrected chi connectivity index (χ4v) is 3.48. The Hall–Kier alpha value is -3.54. The first-order valence-corrected chi connectivity index (χ1v) is 9.76. The van der Waals surface area contributed by atoms with Gasteiger partial charge in [0, 0.05) is 16.5 Å². The maximum Gasteiger partial charge on any atom is 0.256 e. The summed E-state index contributed by atoms with van der Waals surface area (Å²) in [5, 5.41) is 4.11. The van der Waals surface area contributed by atoms with Crippen molar-refractivity contribution in [3.63, 3.8) is 0 Å². The predicted molar refractivity (Wildman–Crippen MR) is 117 cm³/mol. The molecule has 0 amide bonds. The quantitative estimate of drug-likeness (QED) is 0.520. The van der Waals surface area contributed by atoms with Gasteiger partial charge in [0.2, 0.25) is 11.9 Å². The molecule has 0 aliphatic carbocycles. The Morgan fingerprint density at radius 3 is 2.52 bits per heavy atom. The zero-order valence-electron chi connectivity index (χ0n) is 16.8. The van der Waals surface area contributed by atoms with Crippen LogP contribution in [-0.4, -0.2) is 19.9 Å². The topological polar surface area (TPSA) is 83.6 Å². The van der Waals surface area contributed by atoms with E-state index in [-0.39, 0.29) is 5.56 Å². The van der Waals surface area contributed by atoms with Gasteiger partial charge in [0.05, 0.1) is 16.9 Å². The molecule has 2 heterocycles. The van der Waals surface area contributed by atoms with Crippen molar-refractivity contribution in [1.82, 2.24) is 19.9 Å². The van der Waals surface area contributed by atoms with Gasteiger partial charge in [-0.15, -0.1) is 0 Å². The number of benzene rings is 2. The maximum atomic E-state index is 12.8. The van der Waals surface area contributed by atoms with Crippen LogP contribution in [-0.2, 0) is 6.42 Å². The predicted octanol–water partition coefficient (Wildman–Crippen LogP) is 4.69. The average Bonchev–Trinajstić information content (AvgIpc) is 2.71. The molecular weight excluding hydrogens is 362 g/mol. The Kier molecular flexibility index (Phi) is 5.08. The number of nitrogens with zero attached hydrogens (tertiary/aromatic N) is 3. The maximum absolute atomic E-state index is 12.8. The summed E-state index contributed by atoms with van der Waals surface area (Å²) in [5.74, 6) is 0.746. The molecule has 0 atom stereocenters. The highest BCUT2D eigenvalue weighted by Crippen LogP contribution is 2.24. The Labute approximate surface area is 169 Å². The van der Waals surface area contributed by atoms with Crippen molar-refractivity contribution in [2.24, 2.45) is 0 Å². The zero-order valence-corrected chi connectivity index (χ0v) is 16.8. The monoisotopic (exact) mass is 385 g/mol. The molecule has 146 valence electrons. The van der Waals surface area contributed by atoms with E-state index in [1.165, 1.54) is 0 Å². The molecule has 0 bridgehead atoms. The molecule has 0 aliphatic heterocycles. The van der Waals surface area contributed by atoms with Crippen molar-refractivity contribution in [3.05, 3.63) is 75.7 Å². The molecule has 0 radical (unpaired) electrons. The molecule has 0 spiro atoms. The lowest BCUT2D eigenvalue weighted by molar-refractivity contribution is 0.889. The minimum absolute atomic E-state index is 0.142. The largest absolute Gasteiger partial charge is 0.294 e. The molecule has 6 nitrogen and oxygen atoms in total. The van der Waals surface area contributed by atoms with E-state index >= 15 is 0 Å². The Balaban J connectivity index is 1.80. The minimum atomic E-state index is -0.142. The van der Waals surface area contributed by atoms with Crippen molar-refractivity contribution in [3.8, 4) is 11.3 Å². The number of nitrogens with one attached hydrogen (secondary N) is 2. The van der Waals surface area contributed by atoms with Gasteiger partial charge >= 0.3 is 0 Å². The fourth-order valence-electron chi connectivity index (χ4n) is 3.48. The summed E-state index contributed by atoms with van der Waals surface area (Å²) >= 11 is 0. The van der Waals surface area contributed by atoms with E-state index in [0.29, 0.717) is 29.6 Å². The van der Waals surface area contributed by atoms with Crippen LogP contribution >= 0.6 is 0 Å². The van der Waals surface area contributed by atoms with Crippen LogP contribution in [0.3, 0.4) is 0 Å². The highest BCUT2D eigenvalue weighted by atomic mass is 16.1. The first-order chi connectivity index (χ1) is 14.1. The minimum Gasteiger partial charge on any atom is -0.294 e. The molecule has 2 N–H and O–H groups in total. The SMILES string of the molecule is CCCc1c(-c2ccccc2)nc(Nc2nc(C)c3cccc(C)c3n2)[nH]c1=O. The summed E-state index contributed by atoms with van der Waals surface area (Å²) in [7, 11) is 0. The van der Waals surface area contributed by atoms with Crippen LogP contribution in [0.4, 0.5) is 11.9 Å². The Bertz CT molecular complexity index is 1230. The number of H-pyrrole nitrogens is 1. The number of rotatable bonds is 5. The Morgan fingerprint density at radius 1 is 0.966 bits per heavy atom. The van der Waals surface area contributed by atoms with Gasteiger partial charge in [0.15, 0.2) is 0 Å². The van der Waals surface area contributed by atoms with E-state index < -0.39 is 0 Å². The van der Waals surface area contributed by atoms with Crippen LogP contribution < -0.4 is 10.9 Å². The van der Waals surface area contributed by atoms with Crippen LogP contribution in [0.5, 0.6) is 0 Å². The van der Waals surface area contributed by atoms with Gasteiger partial charge in [-0.05, 0) is 25.8 Å². The van der Waals surface area contributed by atoms with Crippen LogP contribution in [0.2, 0.25) is 0 Å². The second kappa shape index (κ2) is 7.83. The van der Waals surface area contributed by atoms with Crippen molar-refractivity contribution in [2.75, 3.05) is 5.32 Å². The molecule has 0 saturated heterocycles. The van der Waals surface area contributed by atoms with Gasteiger partial charge < -0.3 is 0 Å². The van der Waals surface area contributed by atoms with Gasteiger partial charge in [-0.25, -0.2) is 15.0 Å². The van der Waals surface area contributed by atoms with Crippen molar-refractivity contribution in [1.29, 1.82) is 0 Å². The number of aryl methyl sites for hydroxylation is 2. The lowest BCUT2D eigenvalue weighted by Gasteiger charge is -2.12. The third-order valence-electron chi connectivity index (χ3n) is 4.91. The summed E-state index contributed by atoms with van der Waals surface area (Å²) in [5.41, 5.74) is 4.97. The summed E-state index contributed by atoms with van der Waals surface area (Å²) in [6, 6.07) is 15.8. The lowest BCUT2D eigenvalue weighted by Crippen LogP contribution is -2.18. The van der Waals surface area contributed by atoms with Gasteiger partial charge in [0.25, 0.3) is 5.56 Å². The second-order valence-corrected chi connectivity index (χ2v) is 7.09. The summed E-state index contributed by atoms with van der Waals surface area (Å²) in [6.07, 6.45) is 1.53. The summed E-state index contributed by atoms with van der Waals surface area (Å²) in [4.78, 5) is 29.5. The number of aromatic nitrogens is 4. The van der Waals surface area contributed by atoms with Gasteiger partial charge in [-0.1, -0.05) is 61.9 Å². The van der Waals surface area contributed by atoms with E-state index in [1.54, 1.807) is 0 Å². The van der Waals surface area contributed by atoms with Crippen molar-refractivity contribution >= 4 is 22.8 Å². The fraction of sp³-hybridized carbons (Fsp3) is 0.217. The number of hydrogen-bond acceptors (Lipinski definition) is 5.